The minimum absolute atomic E-state index is 0.0364. The van der Waals surface area contributed by atoms with E-state index in [1.54, 1.807) is 0 Å². The summed E-state index contributed by atoms with van der Waals surface area (Å²) < 4.78 is 5.69. The van der Waals surface area contributed by atoms with Crippen LogP contribution in [0, 0.1) is 5.92 Å². The van der Waals surface area contributed by atoms with Gasteiger partial charge in [-0.2, -0.15) is 0 Å². The summed E-state index contributed by atoms with van der Waals surface area (Å²) in [5, 5.41) is 3.00. The van der Waals surface area contributed by atoms with E-state index in [0.29, 0.717) is 19.6 Å². The van der Waals surface area contributed by atoms with Crippen LogP contribution in [0.2, 0.25) is 0 Å². The summed E-state index contributed by atoms with van der Waals surface area (Å²) in [7, 11) is 0. The van der Waals surface area contributed by atoms with Crippen LogP contribution in [0.3, 0.4) is 0 Å². The fraction of sp³-hybridized carbons (Fsp3) is 0.238. The lowest BCUT2D eigenvalue weighted by Gasteiger charge is -2.24. The first-order chi connectivity index (χ1) is 12.8. The molecule has 0 bridgehead atoms. The van der Waals surface area contributed by atoms with Crippen molar-refractivity contribution in [3.63, 3.8) is 0 Å². The van der Waals surface area contributed by atoms with Crippen molar-refractivity contribution in [2.75, 3.05) is 13.2 Å². The van der Waals surface area contributed by atoms with Gasteiger partial charge in [0, 0.05) is 13.0 Å². The van der Waals surface area contributed by atoms with Gasteiger partial charge in [-0.25, -0.2) is 4.98 Å². The van der Waals surface area contributed by atoms with Gasteiger partial charge >= 0.3 is 0 Å². The van der Waals surface area contributed by atoms with Crippen LogP contribution in [0.15, 0.2) is 60.8 Å². The molecule has 5 nitrogen and oxygen atoms in total. The van der Waals surface area contributed by atoms with Crippen LogP contribution >= 0.6 is 0 Å². The highest BCUT2D eigenvalue weighted by atomic mass is 16.5. The number of hydrogen-bond acceptors (Lipinski definition) is 3. The van der Waals surface area contributed by atoms with Gasteiger partial charge in [0.2, 0.25) is 5.91 Å². The number of hydrogen-bond donors (Lipinski definition) is 2. The van der Waals surface area contributed by atoms with E-state index in [1.165, 1.54) is 0 Å². The highest BCUT2D eigenvalue weighted by Gasteiger charge is 2.25. The summed E-state index contributed by atoms with van der Waals surface area (Å²) in [6, 6.07) is 18.0. The van der Waals surface area contributed by atoms with Crippen LogP contribution in [0.4, 0.5) is 0 Å². The van der Waals surface area contributed by atoms with Gasteiger partial charge in [-0.1, -0.05) is 48.5 Å². The third kappa shape index (κ3) is 3.61. The molecule has 1 aliphatic heterocycles. The van der Waals surface area contributed by atoms with Gasteiger partial charge in [-0.05, 0) is 23.6 Å². The molecule has 1 amide bonds. The largest absolute Gasteiger partial charge is 0.492 e. The first kappa shape index (κ1) is 16.4. The topological polar surface area (TPSA) is 67.0 Å². The summed E-state index contributed by atoms with van der Waals surface area (Å²) in [5.41, 5.74) is 3.19. The van der Waals surface area contributed by atoms with Crippen LogP contribution in [-0.2, 0) is 17.6 Å². The van der Waals surface area contributed by atoms with Crippen molar-refractivity contribution in [3.05, 3.63) is 72.2 Å². The molecule has 26 heavy (non-hydrogen) atoms. The average molecular weight is 347 g/mol. The number of aromatic amines is 1. The smallest absolute Gasteiger partial charge is 0.226 e. The number of carbonyl (C=O) groups excluding carboxylic acids is 1. The number of aromatic nitrogens is 2. The lowest BCUT2D eigenvalue weighted by molar-refractivity contribution is -0.126. The molecule has 0 spiro atoms. The van der Waals surface area contributed by atoms with E-state index in [4.69, 9.17) is 4.74 Å². The number of rotatable bonds is 5. The molecule has 0 radical (unpaired) electrons. The van der Waals surface area contributed by atoms with Crippen LogP contribution in [0.5, 0.6) is 5.75 Å². The van der Waals surface area contributed by atoms with Crippen LogP contribution in [-0.4, -0.2) is 29.0 Å². The minimum atomic E-state index is -0.138. The molecule has 4 rings (SSSR count). The summed E-state index contributed by atoms with van der Waals surface area (Å²) >= 11 is 0. The zero-order valence-electron chi connectivity index (χ0n) is 14.4. The normalized spacial score (nSPS) is 15.8. The maximum Gasteiger partial charge on any atom is 0.226 e. The third-order valence-corrected chi connectivity index (χ3v) is 4.62. The van der Waals surface area contributed by atoms with Crippen molar-refractivity contribution in [2.24, 2.45) is 5.92 Å². The molecule has 0 unspecified atom stereocenters. The monoisotopic (exact) mass is 347 g/mol. The first-order valence-electron chi connectivity index (χ1n) is 8.87. The fourth-order valence-electron chi connectivity index (χ4n) is 3.20. The lowest BCUT2D eigenvalue weighted by Crippen LogP contribution is -2.38. The van der Waals surface area contributed by atoms with Crippen molar-refractivity contribution in [1.29, 1.82) is 0 Å². The van der Waals surface area contributed by atoms with Crippen LogP contribution < -0.4 is 10.1 Å². The summed E-state index contributed by atoms with van der Waals surface area (Å²) in [6.07, 6.45) is 3.22. The minimum Gasteiger partial charge on any atom is -0.492 e. The second-order valence-electron chi connectivity index (χ2n) is 6.47. The number of nitrogens with one attached hydrogen (secondary N) is 2. The number of para-hydroxylation sites is 1. The van der Waals surface area contributed by atoms with Crippen molar-refractivity contribution in [2.45, 2.75) is 12.8 Å². The van der Waals surface area contributed by atoms with Crippen molar-refractivity contribution in [3.8, 4) is 17.0 Å². The Kier molecular flexibility index (Phi) is 4.69. The molecule has 0 saturated carbocycles. The highest BCUT2D eigenvalue weighted by Crippen LogP contribution is 2.26. The Bertz CT molecular complexity index is 889. The van der Waals surface area contributed by atoms with Crippen molar-refractivity contribution in [1.82, 2.24) is 15.3 Å². The van der Waals surface area contributed by atoms with E-state index >= 15 is 0 Å². The fourth-order valence-corrected chi connectivity index (χ4v) is 3.20. The number of amides is 1. The Labute approximate surface area is 152 Å². The van der Waals surface area contributed by atoms with Crippen molar-refractivity contribution < 1.29 is 9.53 Å². The van der Waals surface area contributed by atoms with Crippen molar-refractivity contribution >= 4 is 5.91 Å². The zero-order valence-corrected chi connectivity index (χ0v) is 14.4. The molecule has 1 aromatic heterocycles. The summed E-state index contributed by atoms with van der Waals surface area (Å²) in [6.45, 7) is 0.987. The first-order valence-corrected chi connectivity index (χ1v) is 8.87. The molecule has 3 aromatic rings. The standard InChI is InChI=1S/C21H21N3O2/c25-21(17-12-16-8-4-5-9-19(16)26-14-17)22-11-10-20-23-13-18(24-20)15-6-2-1-3-7-15/h1-9,13,17H,10-12,14H2,(H,22,25)(H,23,24)/t17-/m1/s1. The summed E-state index contributed by atoms with van der Waals surface area (Å²) in [4.78, 5) is 20.1. The molecule has 1 atom stereocenters. The third-order valence-electron chi connectivity index (χ3n) is 4.62. The molecule has 1 aliphatic rings. The van der Waals surface area contributed by atoms with E-state index in [1.807, 2.05) is 60.8 Å². The average Bonchev–Trinajstić information content (AvgIpc) is 3.17. The van der Waals surface area contributed by atoms with Gasteiger partial charge in [0.15, 0.2) is 0 Å². The van der Waals surface area contributed by atoms with E-state index in [-0.39, 0.29) is 11.8 Å². The molecular formula is C21H21N3O2. The number of benzene rings is 2. The second kappa shape index (κ2) is 7.44. The van der Waals surface area contributed by atoms with E-state index < -0.39 is 0 Å². The second-order valence-corrected chi connectivity index (χ2v) is 6.47. The van der Waals surface area contributed by atoms with Gasteiger partial charge in [-0.15, -0.1) is 0 Å². The Balaban J connectivity index is 1.29. The SMILES string of the molecule is O=C(NCCc1ncc(-c2ccccc2)[nH]1)[C@H]1COc2ccccc2C1. The molecule has 0 fully saturated rings. The number of ether oxygens (including phenoxy) is 1. The van der Waals surface area contributed by atoms with E-state index in [9.17, 15) is 4.79 Å². The number of H-pyrrole nitrogens is 1. The van der Waals surface area contributed by atoms with Gasteiger partial charge in [0.1, 0.15) is 18.2 Å². The lowest BCUT2D eigenvalue weighted by atomic mass is 9.96. The van der Waals surface area contributed by atoms with Gasteiger partial charge < -0.3 is 15.0 Å². The number of imidazole rings is 1. The molecule has 2 N–H and O–H groups in total. The zero-order chi connectivity index (χ0) is 17.8. The Hall–Kier alpha value is -3.08. The highest BCUT2D eigenvalue weighted by molar-refractivity contribution is 5.79. The molecule has 132 valence electrons. The summed E-state index contributed by atoms with van der Waals surface area (Å²) in [5.74, 6) is 1.66. The number of fused-ring (bicyclic) bond motifs is 1. The maximum absolute atomic E-state index is 12.4. The van der Waals surface area contributed by atoms with E-state index in [2.05, 4.69) is 15.3 Å². The molecule has 0 aliphatic carbocycles. The Morgan fingerprint density at radius 3 is 2.85 bits per heavy atom. The Morgan fingerprint density at radius 1 is 1.15 bits per heavy atom. The molecule has 0 saturated heterocycles. The number of nitrogens with zero attached hydrogens (tertiary/aromatic N) is 1. The molecule has 2 aromatic carbocycles. The predicted molar refractivity (Wildman–Crippen MR) is 99.9 cm³/mol. The van der Waals surface area contributed by atoms with Gasteiger partial charge in [-0.3, -0.25) is 4.79 Å². The quantitative estimate of drug-likeness (QED) is 0.746. The number of carbonyl (C=O) groups is 1. The van der Waals surface area contributed by atoms with E-state index in [0.717, 1.165) is 34.8 Å². The molecule has 2 heterocycles. The van der Waals surface area contributed by atoms with Crippen LogP contribution in [0.1, 0.15) is 11.4 Å². The Morgan fingerprint density at radius 2 is 1.96 bits per heavy atom. The van der Waals surface area contributed by atoms with Crippen LogP contribution in [0.25, 0.3) is 11.3 Å². The van der Waals surface area contributed by atoms with Gasteiger partial charge in [0.25, 0.3) is 0 Å². The molecule has 5 heteroatoms. The van der Waals surface area contributed by atoms with Gasteiger partial charge in [0.05, 0.1) is 17.8 Å². The molecular weight excluding hydrogens is 326 g/mol. The maximum atomic E-state index is 12.4. The predicted octanol–water partition coefficient (Wildman–Crippen LogP) is 2.99.